The number of ether oxygens (including phenoxy) is 1. The third-order valence-corrected chi connectivity index (χ3v) is 17.3. The summed E-state index contributed by atoms with van der Waals surface area (Å²) in [5.41, 5.74) is 5.61. The lowest BCUT2D eigenvalue weighted by Gasteiger charge is -2.39. The van der Waals surface area contributed by atoms with Crippen molar-refractivity contribution >= 4 is 21.1 Å². The third kappa shape index (κ3) is 7.57. The summed E-state index contributed by atoms with van der Waals surface area (Å²) in [5.74, 6) is 0. The predicted molar refractivity (Wildman–Crippen MR) is 162 cm³/mol. The fourth-order valence-electron chi connectivity index (χ4n) is 8.14. The Balaban J connectivity index is 1.23. The van der Waals surface area contributed by atoms with Crippen LogP contribution in [0.15, 0.2) is 24.3 Å². The van der Waals surface area contributed by atoms with Crippen LogP contribution < -0.4 is 5.30 Å². The van der Waals surface area contributed by atoms with E-state index in [1.165, 1.54) is 135 Å². The van der Waals surface area contributed by atoms with Crippen molar-refractivity contribution in [3.63, 3.8) is 0 Å². The van der Waals surface area contributed by atoms with Crippen molar-refractivity contribution in [3.05, 3.63) is 29.8 Å². The second-order valence-electron chi connectivity index (χ2n) is 12.5. The fraction of sp³-hybridized carbons (Fsp3) is 0.818. The van der Waals surface area contributed by atoms with Crippen molar-refractivity contribution in [2.75, 3.05) is 12.8 Å². The second-order valence-corrected chi connectivity index (χ2v) is 18.2. The van der Waals surface area contributed by atoms with E-state index in [9.17, 15) is 0 Å². The van der Waals surface area contributed by atoms with Gasteiger partial charge in [0.1, 0.15) is 0 Å². The zero-order chi connectivity index (χ0) is 24.4. The van der Waals surface area contributed by atoms with Gasteiger partial charge in [0.2, 0.25) is 0 Å². The predicted octanol–water partition coefficient (Wildman–Crippen LogP) is 10.1. The molecule has 0 radical (unpaired) electrons. The molecule has 5 rings (SSSR count). The SMILES string of the molecule is c1ccc(P(C2CCCCC2)C2CCCCC2)c(COCCP(C2CCCCC2)C2CCCCC2)c1. The standard InChI is InChI=1S/C33H54OP2/c1-5-16-29(17-6-1)35(30-18-7-2-8-19-30)26-25-34-27-28-15-13-14-24-33(28)36(31-20-9-3-10-21-31)32-22-11-4-12-23-32/h13-15,24,29-32H,1-12,16-23,25-27H2. The van der Waals surface area contributed by atoms with Crippen LogP contribution in [-0.2, 0) is 11.3 Å². The first kappa shape index (κ1) is 27.6. The van der Waals surface area contributed by atoms with Crippen molar-refractivity contribution in [2.24, 2.45) is 0 Å². The minimum absolute atomic E-state index is 0.0427. The Hall–Kier alpha value is 0.0400. The van der Waals surface area contributed by atoms with Gasteiger partial charge in [-0.15, -0.1) is 0 Å². The Morgan fingerprint density at radius 3 is 1.50 bits per heavy atom. The highest BCUT2D eigenvalue weighted by molar-refractivity contribution is 7.67. The average molecular weight is 529 g/mol. The van der Waals surface area contributed by atoms with Crippen LogP contribution in [0.1, 0.15) is 134 Å². The molecule has 0 atom stereocenters. The summed E-state index contributed by atoms with van der Waals surface area (Å²) in [5, 5.41) is 1.74. The Bertz CT molecular complexity index is 706. The van der Waals surface area contributed by atoms with Crippen LogP contribution in [0.4, 0.5) is 0 Å². The highest BCUT2D eigenvalue weighted by atomic mass is 31.1. The molecule has 0 N–H and O–H groups in total. The van der Waals surface area contributed by atoms with Crippen molar-refractivity contribution in [2.45, 2.75) is 158 Å². The van der Waals surface area contributed by atoms with Gasteiger partial charge in [-0.1, -0.05) is 117 Å². The Morgan fingerprint density at radius 1 is 0.556 bits per heavy atom. The normalized spacial score (nSPS) is 24.1. The van der Waals surface area contributed by atoms with Crippen LogP contribution in [0, 0.1) is 0 Å². The average Bonchev–Trinajstić information content (AvgIpc) is 2.96. The molecule has 0 saturated heterocycles. The van der Waals surface area contributed by atoms with Crippen molar-refractivity contribution < 1.29 is 4.74 Å². The first-order valence-electron chi connectivity index (χ1n) is 16.1. The molecule has 202 valence electrons. The van der Waals surface area contributed by atoms with E-state index in [0.717, 1.165) is 35.8 Å². The van der Waals surface area contributed by atoms with Gasteiger partial charge in [-0.25, -0.2) is 0 Å². The molecule has 4 saturated carbocycles. The van der Waals surface area contributed by atoms with E-state index >= 15 is 0 Å². The Kier molecular flexibility index (Phi) is 11.5. The van der Waals surface area contributed by atoms with Crippen LogP contribution in [0.3, 0.4) is 0 Å². The van der Waals surface area contributed by atoms with E-state index in [-0.39, 0.29) is 15.8 Å². The fourth-order valence-corrected chi connectivity index (χ4v) is 15.8. The van der Waals surface area contributed by atoms with Crippen LogP contribution in [0.2, 0.25) is 0 Å². The number of hydrogen-bond acceptors (Lipinski definition) is 1. The highest BCUT2D eigenvalue weighted by Crippen LogP contribution is 2.56. The molecule has 4 fully saturated rings. The van der Waals surface area contributed by atoms with Gasteiger partial charge in [0.15, 0.2) is 0 Å². The van der Waals surface area contributed by atoms with Gasteiger partial charge in [0, 0.05) is 0 Å². The van der Waals surface area contributed by atoms with E-state index < -0.39 is 0 Å². The highest BCUT2D eigenvalue weighted by Gasteiger charge is 2.34. The molecular weight excluding hydrogens is 474 g/mol. The molecule has 0 aromatic heterocycles. The summed E-state index contributed by atoms with van der Waals surface area (Å²) >= 11 is 0. The van der Waals surface area contributed by atoms with E-state index in [0.29, 0.717) is 0 Å². The molecule has 36 heavy (non-hydrogen) atoms. The minimum atomic E-state index is -0.0427. The minimum Gasteiger partial charge on any atom is -0.376 e. The molecule has 1 aromatic carbocycles. The first-order chi connectivity index (χ1) is 17.9. The molecule has 0 heterocycles. The molecule has 0 unspecified atom stereocenters. The van der Waals surface area contributed by atoms with E-state index in [4.69, 9.17) is 4.74 Å². The van der Waals surface area contributed by atoms with Gasteiger partial charge in [0.05, 0.1) is 13.2 Å². The maximum Gasteiger partial charge on any atom is 0.0723 e. The molecule has 0 aliphatic heterocycles. The number of benzene rings is 1. The second kappa shape index (κ2) is 15.0. The zero-order valence-corrected chi connectivity index (χ0v) is 25.0. The molecule has 3 heteroatoms. The molecule has 1 aromatic rings. The van der Waals surface area contributed by atoms with Crippen LogP contribution in [0.5, 0.6) is 0 Å². The quantitative estimate of drug-likeness (QED) is 0.217. The van der Waals surface area contributed by atoms with Crippen LogP contribution >= 0.6 is 15.8 Å². The van der Waals surface area contributed by atoms with Crippen molar-refractivity contribution in [1.82, 2.24) is 0 Å². The monoisotopic (exact) mass is 528 g/mol. The number of hydrogen-bond donors (Lipinski definition) is 0. The summed E-state index contributed by atoms with van der Waals surface area (Å²) < 4.78 is 6.62. The summed E-state index contributed by atoms with van der Waals surface area (Å²) in [6.45, 7) is 1.88. The van der Waals surface area contributed by atoms with E-state index in [2.05, 4.69) is 24.3 Å². The Labute approximate surface area is 225 Å². The third-order valence-electron chi connectivity index (χ3n) is 10.0. The van der Waals surface area contributed by atoms with Gasteiger partial charge >= 0.3 is 0 Å². The maximum atomic E-state index is 6.62. The van der Waals surface area contributed by atoms with Gasteiger partial charge in [-0.05, 0) is 91.0 Å². The largest absolute Gasteiger partial charge is 0.376 e. The number of rotatable bonds is 10. The smallest absolute Gasteiger partial charge is 0.0723 e. The lowest BCUT2D eigenvalue weighted by atomic mass is 9.99. The van der Waals surface area contributed by atoms with Gasteiger partial charge in [-0.3, -0.25) is 0 Å². The molecule has 0 amide bonds. The lowest BCUT2D eigenvalue weighted by molar-refractivity contribution is 0.136. The molecule has 4 aliphatic rings. The van der Waals surface area contributed by atoms with Gasteiger partial charge in [-0.2, -0.15) is 0 Å². The van der Waals surface area contributed by atoms with Crippen LogP contribution in [0.25, 0.3) is 0 Å². The summed E-state index contributed by atoms with van der Waals surface area (Å²) in [7, 11) is 0.118. The molecule has 1 nitrogen and oxygen atoms in total. The Morgan fingerprint density at radius 2 is 1.00 bits per heavy atom. The molecule has 0 bridgehead atoms. The van der Waals surface area contributed by atoms with Crippen LogP contribution in [-0.4, -0.2) is 35.4 Å². The molecule has 4 aliphatic carbocycles. The van der Waals surface area contributed by atoms with Gasteiger partial charge < -0.3 is 4.74 Å². The zero-order valence-electron chi connectivity index (χ0n) is 23.2. The van der Waals surface area contributed by atoms with Crippen molar-refractivity contribution in [3.8, 4) is 0 Å². The molecular formula is C33H54OP2. The first-order valence-corrected chi connectivity index (χ1v) is 19.2. The van der Waals surface area contributed by atoms with Gasteiger partial charge in [0.25, 0.3) is 0 Å². The maximum absolute atomic E-state index is 6.62. The molecule has 0 spiro atoms. The summed E-state index contributed by atoms with van der Waals surface area (Å²) in [6, 6.07) is 9.59. The summed E-state index contributed by atoms with van der Waals surface area (Å²) in [4.78, 5) is 0. The topological polar surface area (TPSA) is 9.23 Å². The lowest BCUT2D eigenvalue weighted by Crippen LogP contribution is -2.28. The van der Waals surface area contributed by atoms with E-state index in [1.54, 1.807) is 10.9 Å². The van der Waals surface area contributed by atoms with E-state index in [1.807, 2.05) is 0 Å². The van der Waals surface area contributed by atoms with Crippen molar-refractivity contribution in [1.29, 1.82) is 0 Å². The summed E-state index contributed by atoms with van der Waals surface area (Å²) in [6.07, 6.45) is 31.2.